The maximum Gasteiger partial charge on any atom is 0.411 e. The molecule has 4 nitrogen and oxygen atoms in total. The molecule has 1 aliphatic heterocycles. The topological polar surface area (TPSA) is 53.3 Å². The Hall–Kier alpha value is -1.24. The van der Waals surface area contributed by atoms with Crippen LogP contribution in [0.1, 0.15) is 33.6 Å². The summed E-state index contributed by atoms with van der Waals surface area (Å²) in [4.78, 5) is 13.4. The number of likely N-dealkylation sites (tertiary alicyclic amines) is 1. The molecule has 1 heterocycles. The number of hydrogen-bond donors (Lipinski definition) is 0. The molecule has 3 atom stereocenters. The van der Waals surface area contributed by atoms with Crippen LogP contribution in [0.4, 0.5) is 4.79 Å². The van der Waals surface area contributed by atoms with E-state index in [9.17, 15) is 4.79 Å². The summed E-state index contributed by atoms with van der Waals surface area (Å²) < 4.78 is 5.29. The number of carbonyl (C=O) groups excluding carboxylic acids is 1. The van der Waals surface area contributed by atoms with Gasteiger partial charge in [0, 0.05) is 6.04 Å². The van der Waals surface area contributed by atoms with E-state index in [1.165, 1.54) is 0 Å². The Balaban J connectivity index is 2.04. The lowest BCUT2D eigenvalue weighted by atomic mass is 10.2. The molecule has 82 valence electrons. The Kier molecular flexibility index (Phi) is 2.14. The highest BCUT2D eigenvalue weighted by Crippen LogP contribution is 2.48. The molecule has 1 amide bonds. The van der Waals surface area contributed by atoms with Crippen LogP contribution >= 0.6 is 0 Å². The lowest BCUT2D eigenvalue weighted by molar-refractivity contribution is 0.0223. The number of carbonyl (C=O) groups is 1. The van der Waals surface area contributed by atoms with Crippen LogP contribution in [-0.4, -0.2) is 28.7 Å². The summed E-state index contributed by atoms with van der Waals surface area (Å²) in [5.74, 6) is 0.544. The smallest absolute Gasteiger partial charge is 0.411 e. The minimum Gasteiger partial charge on any atom is -0.444 e. The van der Waals surface area contributed by atoms with E-state index in [1.807, 2.05) is 20.8 Å². The van der Waals surface area contributed by atoms with Gasteiger partial charge in [0.25, 0.3) is 0 Å². The number of rotatable bonds is 0. The Morgan fingerprint density at radius 2 is 2.13 bits per heavy atom. The SMILES string of the molecule is CC(C)(C)OC(=O)N1C2CC2C[C@H]1C#N. The van der Waals surface area contributed by atoms with Crippen LogP contribution in [0.15, 0.2) is 0 Å². The first-order chi connectivity index (χ1) is 6.92. The summed E-state index contributed by atoms with van der Waals surface area (Å²) in [7, 11) is 0. The van der Waals surface area contributed by atoms with Gasteiger partial charge < -0.3 is 4.74 Å². The molecular weight excluding hydrogens is 192 g/mol. The minimum atomic E-state index is -0.482. The van der Waals surface area contributed by atoms with Crippen LogP contribution in [0.2, 0.25) is 0 Å². The lowest BCUT2D eigenvalue weighted by Crippen LogP contribution is -2.41. The number of nitriles is 1. The fraction of sp³-hybridized carbons (Fsp3) is 0.818. The maximum atomic E-state index is 11.8. The third-order valence-electron chi connectivity index (χ3n) is 2.86. The van der Waals surface area contributed by atoms with Crippen molar-refractivity contribution in [3.05, 3.63) is 0 Å². The third-order valence-corrected chi connectivity index (χ3v) is 2.86. The van der Waals surface area contributed by atoms with Gasteiger partial charge in [-0.05, 0) is 39.5 Å². The first kappa shape index (κ1) is 10.3. The summed E-state index contributed by atoms with van der Waals surface area (Å²) in [6.45, 7) is 5.52. The Morgan fingerprint density at radius 3 is 2.67 bits per heavy atom. The minimum absolute atomic E-state index is 0.268. The van der Waals surface area contributed by atoms with Crippen LogP contribution < -0.4 is 0 Å². The lowest BCUT2D eigenvalue weighted by Gasteiger charge is -2.27. The van der Waals surface area contributed by atoms with Gasteiger partial charge >= 0.3 is 6.09 Å². The van der Waals surface area contributed by atoms with E-state index < -0.39 is 5.60 Å². The highest BCUT2D eigenvalue weighted by Gasteiger charge is 2.55. The molecule has 0 bridgehead atoms. The third kappa shape index (κ3) is 1.92. The standard InChI is InChI=1S/C11H16N2O2/c1-11(2,3)15-10(14)13-8(6-12)4-7-5-9(7)13/h7-9H,4-5H2,1-3H3/t7?,8-,9?/m0/s1. The molecule has 0 aromatic carbocycles. The summed E-state index contributed by atoms with van der Waals surface area (Å²) in [6.07, 6.45) is 1.52. The highest BCUT2D eigenvalue weighted by atomic mass is 16.6. The zero-order valence-electron chi connectivity index (χ0n) is 9.36. The molecule has 0 N–H and O–H groups in total. The number of hydrogen-bond acceptors (Lipinski definition) is 3. The fourth-order valence-corrected chi connectivity index (χ4v) is 2.15. The first-order valence-electron chi connectivity index (χ1n) is 5.33. The number of ether oxygens (including phenoxy) is 1. The Labute approximate surface area is 89.8 Å². The Morgan fingerprint density at radius 1 is 1.47 bits per heavy atom. The van der Waals surface area contributed by atoms with Gasteiger partial charge in [0.05, 0.1) is 6.07 Å². The van der Waals surface area contributed by atoms with Gasteiger partial charge in [-0.2, -0.15) is 5.26 Å². The maximum absolute atomic E-state index is 11.8. The van der Waals surface area contributed by atoms with Crippen LogP contribution in [0.25, 0.3) is 0 Å². The molecule has 15 heavy (non-hydrogen) atoms. The predicted octanol–water partition coefficient (Wildman–Crippen LogP) is 1.91. The van der Waals surface area contributed by atoms with Crippen LogP contribution in [-0.2, 0) is 4.74 Å². The van der Waals surface area contributed by atoms with E-state index in [4.69, 9.17) is 10.00 Å². The van der Waals surface area contributed by atoms with Crippen molar-refractivity contribution in [3.8, 4) is 6.07 Å². The van der Waals surface area contributed by atoms with E-state index in [-0.39, 0.29) is 18.2 Å². The predicted molar refractivity (Wildman–Crippen MR) is 54.0 cm³/mol. The van der Waals surface area contributed by atoms with Gasteiger partial charge in [-0.1, -0.05) is 0 Å². The molecule has 2 fully saturated rings. The van der Waals surface area contributed by atoms with Gasteiger partial charge in [0.15, 0.2) is 0 Å². The highest BCUT2D eigenvalue weighted by molar-refractivity contribution is 5.70. The number of amides is 1. The van der Waals surface area contributed by atoms with Crippen molar-refractivity contribution < 1.29 is 9.53 Å². The van der Waals surface area contributed by atoms with Crippen molar-refractivity contribution in [3.63, 3.8) is 0 Å². The molecule has 0 radical (unpaired) electrons. The van der Waals surface area contributed by atoms with Gasteiger partial charge in [-0.25, -0.2) is 4.79 Å². The van der Waals surface area contributed by atoms with E-state index in [0.29, 0.717) is 5.92 Å². The number of nitrogens with zero attached hydrogens (tertiary/aromatic N) is 2. The zero-order valence-corrected chi connectivity index (χ0v) is 9.36. The molecular formula is C11H16N2O2. The monoisotopic (exact) mass is 208 g/mol. The van der Waals surface area contributed by atoms with Crippen molar-refractivity contribution in [1.29, 1.82) is 5.26 Å². The Bertz CT molecular complexity index is 326. The van der Waals surface area contributed by atoms with Crippen molar-refractivity contribution >= 4 is 6.09 Å². The quantitative estimate of drug-likeness (QED) is 0.611. The molecule has 1 aliphatic carbocycles. The summed E-state index contributed by atoms with van der Waals surface area (Å²) in [5, 5.41) is 8.92. The zero-order chi connectivity index (χ0) is 11.2. The van der Waals surface area contributed by atoms with E-state index in [0.717, 1.165) is 12.8 Å². The molecule has 0 spiro atoms. The average molecular weight is 208 g/mol. The summed E-state index contributed by atoms with van der Waals surface area (Å²) in [5.41, 5.74) is -0.482. The molecule has 1 saturated carbocycles. The van der Waals surface area contributed by atoms with Crippen LogP contribution in [0.3, 0.4) is 0 Å². The second-order valence-corrected chi connectivity index (χ2v) is 5.33. The van der Waals surface area contributed by atoms with Gasteiger partial charge in [-0.3, -0.25) is 4.90 Å². The molecule has 0 aromatic heterocycles. The van der Waals surface area contributed by atoms with Gasteiger partial charge in [0.2, 0.25) is 0 Å². The first-order valence-corrected chi connectivity index (χ1v) is 5.33. The van der Waals surface area contributed by atoms with Crippen molar-refractivity contribution in [2.75, 3.05) is 0 Å². The normalized spacial score (nSPS) is 33.2. The van der Waals surface area contributed by atoms with Gasteiger partial charge in [-0.15, -0.1) is 0 Å². The largest absolute Gasteiger partial charge is 0.444 e. The number of fused-ring (bicyclic) bond motifs is 1. The van der Waals surface area contributed by atoms with Crippen molar-refractivity contribution in [2.45, 2.75) is 51.3 Å². The van der Waals surface area contributed by atoms with Gasteiger partial charge in [0.1, 0.15) is 11.6 Å². The molecule has 1 saturated heterocycles. The van der Waals surface area contributed by atoms with Crippen molar-refractivity contribution in [2.24, 2.45) is 5.92 Å². The second-order valence-electron chi connectivity index (χ2n) is 5.33. The van der Waals surface area contributed by atoms with Crippen LogP contribution in [0.5, 0.6) is 0 Å². The molecule has 2 aliphatic rings. The van der Waals surface area contributed by atoms with E-state index in [2.05, 4.69) is 6.07 Å². The molecule has 2 rings (SSSR count). The van der Waals surface area contributed by atoms with Crippen molar-refractivity contribution in [1.82, 2.24) is 4.90 Å². The van der Waals surface area contributed by atoms with E-state index >= 15 is 0 Å². The van der Waals surface area contributed by atoms with Crippen LogP contribution in [0, 0.1) is 17.2 Å². The molecule has 4 heteroatoms. The second kappa shape index (κ2) is 3.13. The molecule has 2 unspecified atom stereocenters. The molecule has 0 aromatic rings. The summed E-state index contributed by atoms with van der Waals surface area (Å²) >= 11 is 0. The fourth-order valence-electron chi connectivity index (χ4n) is 2.15. The summed E-state index contributed by atoms with van der Waals surface area (Å²) in [6, 6.07) is 2.16. The average Bonchev–Trinajstić information content (AvgIpc) is 2.73. The van der Waals surface area contributed by atoms with E-state index in [1.54, 1.807) is 4.90 Å². The number of piperidine rings is 1.